The number of hydrogen-bond acceptors (Lipinski definition) is 2. The zero-order valence-corrected chi connectivity index (χ0v) is 8.19. The summed E-state index contributed by atoms with van der Waals surface area (Å²) in [5, 5.41) is 2.71. The van der Waals surface area contributed by atoms with Crippen molar-refractivity contribution in [3.8, 4) is 0 Å². The Labute approximate surface area is 72.9 Å². The van der Waals surface area contributed by atoms with E-state index in [0.717, 1.165) is 0 Å². The minimum Gasteiger partial charge on any atom is -0.309 e. The van der Waals surface area contributed by atoms with Crippen molar-refractivity contribution in [3.05, 3.63) is 0 Å². The molecule has 0 heterocycles. The highest BCUT2D eigenvalue weighted by Gasteiger charge is 2.29. The maximum atomic E-state index is 12.9. The van der Waals surface area contributed by atoms with Crippen LogP contribution in [0.25, 0.3) is 0 Å². The molecular weight excluding hydrogens is 162 g/mol. The van der Waals surface area contributed by atoms with Gasteiger partial charge in [-0.1, -0.05) is 13.8 Å². The zero-order valence-electron chi connectivity index (χ0n) is 8.19. The van der Waals surface area contributed by atoms with Crippen molar-refractivity contribution in [1.29, 1.82) is 0 Å². The van der Waals surface area contributed by atoms with E-state index in [1.165, 1.54) is 4.90 Å². The summed E-state index contributed by atoms with van der Waals surface area (Å²) in [4.78, 5) is 1.49. The highest BCUT2D eigenvalue weighted by Crippen LogP contribution is 2.12. The Morgan fingerprint density at radius 1 is 1.33 bits per heavy atom. The number of alkyl halides is 2. The van der Waals surface area contributed by atoms with Crippen LogP contribution in [0.1, 0.15) is 13.8 Å². The Bertz CT molecular complexity index is 124. The van der Waals surface area contributed by atoms with Crippen molar-refractivity contribution in [2.75, 3.05) is 27.2 Å². The van der Waals surface area contributed by atoms with Gasteiger partial charge in [0.25, 0.3) is 5.92 Å². The molecule has 0 fully saturated rings. The third-order valence-electron chi connectivity index (χ3n) is 1.32. The summed E-state index contributed by atoms with van der Waals surface area (Å²) >= 11 is 0. The van der Waals surface area contributed by atoms with Gasteiger partial charge < -0.3 is 10.2 Å². The van der Waals surface area contributed by atoms with Crippen molar-refractivity contribution in [2.24, 2.45) is 0 Å². The molecule has 0 atom stereocenters. The molecule has 1 N–H and O–H groups in total. The molecule has 0 aromatic carbocycles. The van der Waals surface area contributed by atoms with E-state index in [4.69, 9.17) is 0 Å². The van der Waals surface area contributed by atoms with Gasteiger partial charge in [-0.05, 0) is 14.1 Å². The van der Waals surface area contributed by atoms with Crippen molar-refractivity contribution in [3.63, 3.8) is 0 Å². The highest BCUT2D eigenvalue weighted by molar-refractivity contribution is 4.73. The minimum atomic E-state index is -2.63. The lowest BCUT2D eigenvalue weighted by molar-refractivity contribution is -0.0211. The Kier molecular flexibility index (Phi) is 4.63. The van der Waals surface area contributed by atoms with Gasteiger partial charge in [-0.25, -0.2) is 8.78 Å². The molecule has 0 saturated carbocycles. The molecule has 0 aromatic heterocycles. The quantitative estimate of drug-likeness (QED) is 0.683. The number of halogens is 2. The molecule has 4 heteroatoms. The van der Waals surface area contributed by atoms with Crippen LogP contribution in [0.5, 0.6) is 0 Å². The van der Waals surface area contributed by atoms with Gasteiger partial charge in [0.15, 0.2) is 0 Å². The largest absolute Gasteiger partial charge is 0.309 e. The molecule has 0 aliphatic heterocycles. The average molecular weight is 180 g/mol. The van der Waals surface area contributed by atoms with Crippen LogP contribution in [0.4, 0.5) is 8.78 Å². The second kappa shape index (κ2) is 4.72. The Balaban J connectivity index is 3.71. The topological polar surface area (TPSA) is 15.3 Å². The van der Waals surface area contributed by atoms with E-state index in [9.17, 15) is 8.78 Å². The van der Waals surface area contributed by atoms with Gasteiger partial charge in [-0.2, -0.15) is 0 Å². The summed E-state index contributed by atoms with van der Waals surface area (Å²) in [6, 6.07) is 0.109. The zero-order chi connectivity index (χ0) is 9.78. The molecule has 2 nitrogen and oxygen atoms in total. The molecule has 0 aromatic rings. The van der Waals surface area contributed by atoms with Gasteiger partial charge in [0.2, 0.25) is 0 Å². The average Bonchev–Trinajstić information content (AvgIpc) is 1.81. The van der Waals surface area contributed by atoms with Crippen LogP contribution in [0, 0.1) is 0 Å². The molecule has 0 aliphatic carbocycles. The lowest BCUT2D eigenvalue weighted by Gasteiger charge is -2.22. The number of nitrogens with one attached hydrogen (secondary N) is 1. The monoisotopic (exact) mass is 180 g/mol. The van der Waals surface area contributed by atoms with Gasteiger partial charge >= 0.3 is 0 Å². The Hall–Kier alpha value is -0.220. The van der Waals surface area contributed by atoms with Crippen LogP contribution in [0.3, 0.4) is 0 Å². The SMILES string of the molecule is CC(C)NCC(F)(F)CN(C)C. The van der Waals surface area contributed by atoms with Crippen molar-refractivity contribution in [2.45, 2.75) is 25.8 Å². The molecule has 0 aliphatic rings. The van der Waals surface area contributed by atoms with Crippen LogP contribution in [0.15, 0.2) is 0 Å². The number of nitrogens with zero attached hydrogens (tertiary/aromatic N) is 1. The molecule has 0 radical (unpaired) electrons. The molecular formula is C8H18F2N2. The first-order valence-corrected chi connectivity index (χ1v) is 4.09. The predicted octanol–water partition coefficient (Wildman–Crippen LogP) is 1.18. The van der Waals surface area contributed by atoms with Crippen molar-refractivity contribution < 1.29 is 8.78 Å². The maximum Gasteiger partial charge on any atom is 0.272 e. The summed E-state index contributed by atoms with van der Waals surface area (Å²) in [6.07, 6.45) is 0. The van der Waals surface area contributed by atoms with E-state index in [1.807, 2.05) is 13.8 Å². The number of hydrogen-bond donors (Lipinski definition) is 1. The van der Waals surface area contributed by atoms with E-state index in [-0.39, 0.29) is 19.1 Å². The van der Waals surface area contributed by atoms with Crippen LogP contribution in [-0.4, -0.2) is 44.0 Å². The normalized spacial score (nSPS) is 13.0. The van der Waals surface area contributed by atoms with E-state index in [2.05, 4.69) is 5.32 Å². The Morgan fingerprint density at radius 3 is 2.17 bits per heavy atom. The van der Waals surface area contributed by atoms with Gasteiger partial charge in [-0.3, -0.25) is 0 Å². The molecule has 0 amide bonds. The third kappa shape index (κ3) is 6.49. The minimum absolute atomic E-state index is 0.109. The van der Waals surface area contributed by atoms with E-state index < -0.39 is 5.92 Å². The lowest BCUT2D eigenvalue weighted by Crippen LogP contribution is -2.43. The van der Waals surface area contributed by atoms with E-state index >= 15 is 0 Å². The van der Waals surface area contributed by atoms with Gasteiger partial charge in [0, 0.05) is 6.04 Å². The Morgan fingerprint density at radius 2 is 1.83 bits per heavy atom. The first-order chi connectivity index (χ1) is 5.33. The van der Waals surface area contributed by atoms with Gasteiger partial charge in [0.05, 0.1) is 13.1 Å². The smallest absolute Gasteiger partial charge is 0.272 e. The molecule has 0 unspecified atom stereocenters. The summed E-state index contributed by atoms with van der Waals surface area (Å²) < 4.78 is 25.9. The molecule has 0 saturated heterocycles. The fourth-order valence-electron chi connectivity index (χ4n) is 0.872. The fraction of sp³-hybridized carbons (Fsp3) is 1.00. The summed E-state index contributed by atoms with van der Waals surface area (Å²) in [6.45, 7) is 3.26. The summed E-state index contributed by atoms with van der Waals surface area (Å²) in [5.74, 6) is -2.63. The maximum absolute atomic E-state index is 12.9. The second-order valence-corrected chi connectivity index (χ2v) is 3.63. The van der Waals surface area contributed by atoms with Crippen LogP contribution >= 0.6 is 0 Å². The van der Waals surface area contributed by atoms with E-state index in [1.54, 1.807) is 14.1 Å². The first kappa shape index (κ1) is 11.8. The van der Waals surface area contributed by atoms with Crippen LogP contribution in [0.2, 0.25) is 0 Å². The van der Waals surface area contributed by atoms with Gasteiger partial charge in [-0.15, -0.1) is 0 Å². The van der Waals surface area contributed by atoms with Crippen molar-refractivity contribution in [1.82, 2.24) is 10.2 Å². The van der Waals surface area contributed by atoms with Crippen LogP contribution in [-0.2, 0) is 0 Å². The fourth-order valence-corrected chi connectivity index (χ4v) is 0.872. The molecule has 74 valence electrons. The van der Waals surface area contributed by atoms with Gasteiger partial charge in [0.1, 0.15) is 0 Å². The molecule has 0 rings (SSSR count). The standard InChI is InChI=1S/C8H18F2N2/c1-7(2)11-5-8(9,10)6-12(3)4/h7,11H,5-6H2,1-4H3. The third-order valence-corrected chi connectivity index (χ3v) is 1.32. The first-order valence-electron chi connectivity index (χ1n) is 4.09. The molecule has 0 spiro atoms. The summed E-state index contributed by atoms with van der Waals surface area (Å²) in [5.41, 5.74) is 0. The predicted molar refractivity (Wildman–Crippen MR) is 46.6 cm³/mol. The lowest BCUT2D eigenvalue weighted by atomic mass is 10.3. The van der Waals surface area contributed by atoms with Crippen LogP contribution < -0.4 is 5.32 Å². The van der Waals surface area contributed by atoms with Crippen molar-refractivity contribution >= 4 is 0 Å². The highest BCUT2D eigenvalue weighted by atomic mass is 19.3. The number of rotatable bonds is 5. The second-order valence-electron chi connectivity index (χ2n) is 3.63. The molecule has 12 heavy (non-hydrogen) atoms. The summed E-state index contributed by atoms with van der Waals surface area (Å²) in [7, 11) is 3.28. The molecule has 0 bridgehead atoms. The van der Waals surface area contributed by atoms with E-state index in [0.29, 0.717) is 0 Å².